The lowest BCUT2D eigenvalue weighted by Crippen LogP contribution is -2.46. The van der Waals surface area contributed by atoms with Crippen molar-refractivity contribution in [3.63, 3.8) is 0 Å². The highest BCUT2D eigenvalue weighted by Gasteiger charge is 2.35. The molecule has 29 heavy (non-hydrogen) atoms. The number of rotatable bonds is 9. The van der Waals surface area contributed by atoms with E-state index in [0.29, 0.717) is 11.0 Å². The number of anilines is 1. The summed E-state index contributed by atoms with van der Waals surface area (Å²) in [6.07, 6.45) is 5.70. The molecule has 7 nitrogen and oxygen atoms in total. The van der Waals surface area contributed by atoms with E-state index in [0.717, 1.165) is 57.6 Å². The fourth-order valence-corrected chi connectivity index (χ4v) is 4.67. The third-order valence-corrected chi connectivity index (χ3v) is 6.16. The minimum Gasteiger partial charge on any atom is -0.481 e. The van der Waals surface area contributed by atoms with Crippen LogP contribution < -0.4 is 10.1 Å². The van der Waals surface area contributed by atoms with Crippen LogP contribution >= 0.6 is 11.3 Å². The summed E-state index contributed by atoms with van der Waals surface area (Å²) in [5.41, 5.74) is 0.950. The van der Waals surface area contributed by atoms with Crippen molar-refractivity contribution in [2.24, 2.45) is 0 Å². The SMILES string of the molecule is CCOC1(CCc2cccc(OC)n2)CCN(Cc2cnc(NC(C)=O)s2)CC1. The number of likely N-dealkylation sites (tertiary alicyclic amines) is 1. The van der Waals surface area contributed by atoms with Gasteiger partial charge in [0.1, 0.15) is 0 Å². The molecule has 158 valence electrons. The average Bonchev–Trinajstić information content (AvgIpc) is 3.15. The summed E-state index contributed by atoms with van der Waals surface area (Å²) in [4.78, 5) is 23.6. The van der Waals surface area contributed by atoms with Crippen LogP contribution in [-0.4, -0.2) is 53.2 Å². The van der Waals surface area contributed by atoms with Crippen LogP contribution in [0.5, 0.6) is 5.88 Å². The van der Waals surface area contributed by atoms with Gasteiger partial charge in [-0.15, -0.1) is 11.3 Å². The Morgan fingerprint density at radius 3 is 2.83 bits per heavy atom. The summed E-state index contributed by atoms with van der Waals surface area (Å²) in [6, 6.07) is 5.91. The summed E-state index contributed by atoms with van der Waals surface area (Å²) in [7, 11) is 1.64. The lowest BCUT2D eigenvalue weighted by atomic mass is 9.86. The van der Waals surface area contributed by atoms with Crippen LogP contribution in [0.4, 0.5) is 5.13 Å². The molecule has 3 heterocycles. The Kier molecular flexibility index (Phi) is 7.57. The van der Waals surface area contributed by atoms with Crippen molar-refractivity contribution < 1.29 is 14.3 Å². The van der Waals surface area contributed by atoms with Crippen LogP contribution in [0.15, 0.2) is 24.4 Å². The van der Waals surface area contributed by atoms with E-state index in [1.807, 2.05) is 24.4 Å². The van der Waals surface area contributed by atoms with Crippen LogP contribution in [0.1, 0.15) is 43.7 Å². The van der Waals surface area contributed by atoms with Crippen molar-refractivity contribution in [1.82, 2.24) is 14.9 Å². The van der Waals surface area contributed by atoms with Crippen molar-refractivity contribution in [3.05, 3.63) is 35.0 Å². The molecule has 0 atom stereocenters. The van der Waals surface area contributed by atoms with Gasteiger partial charge in [0.15, 0.2) is 5.13 Å². The molecule has 2 aromatic rings. The van der Waals surface area contributed by atoms with E-state index in [1.165, 1.54) is 23.1 Å². The molecule has 1 N–H and O–H groups in total. The normalized spacial score (nSPS) is 16.5. The van der Waals surface area contributed by atoms with Gasteiger partial charge in [0, 0.05) is 56.0 Å². The molecule has 0 spiro atoms. The highest BCUT2D eigenvalue weighted by molar-refractivity contribution is 7.15. The molecule has 0 radical (unpaired) electrons. The molecule has 1 saturated heterocycles. The molecule has 3 rings (SSSR count). The van der Waals surface area contributed by atoms with Crippen molar-refractivity contribution in [2.75, 3.05) is 32.1 Å². The summed E-state index contributed by atoms with van der Waals surface area (Å²) < 4.78 is 11.5. The van der Waals surface area contributed by atoms with Gasteiger partial charge < -0.3 is 14.8 Å². The molecule has 1 aliphatic heterocycles. The number of ether oxygens (including phenoxy) is 2. The average molecular weight is 419 g/mol. The maximum Gasteiger partial charge on any atom is 0.223 e. The molecular formula is C21H30N4O3S. The van der Waals surface area contributed by atoms with E-state index in [-0.39, 0.29) is 11.5 Å². The van der Waals surface area contributed by atoms with E-state index in [2.05, 4.69) is 27.1 Å². The number of pyridine rings is 1. The first-order chi connectivity index (χ1) is 14.0. The maximum atomic E-state index is 11.2. The Hall–Kier alpha value is -2.03. The number of thiazole rings is 1. The number of nitrogens with zero attached hydrogens (tertiary/aromatic N) is 3. The molecule has 0 aliphatic carbocycles. The highest BCUT2D eigenvalue weighted by Crippen LogP contribution is 2.32. The number of aromatic nitrogens is 2. The van der Waals surface area contributed by atoms with E-state index in [1.54, 1.807) is 7.11 Å². The van der Waals surface area contributed by atoms with E-state index in [4.69, 9.17) is 9.47 Å². The molecule has 0 bridgehead atoms. The minimum atomic E-state index is -0.0922. The Bertz CT molecular complexity index is 803. The van der Waals surface area contributed by atoms with E-state index >= 15 is 0 Å². The molecule has 1 aliphatic rings. The number of methoxy groups -OCH3 is 1. The second kappa shape index (κ2) is 10.1. The first-order valence-electron chi connectivity index (χ1n) is 10.1. The Morgan fingerprint density at radius 1 is 1.34 bits per heavy atom. The number of amides is 1. The fraction of sp³-hybridized carbons (Fsp3) is 0.571. The van der Waals surface area contributed by atoms with Gasteiger partial charge in [0.05, 0.1) is 12.7 Å². The smallest absolute Gasteiger partial charge is 0.223 e. The zero-order valence-corrected chi connectivity index (χ0v) is 18.3. The molecule has 0 aromatic carbocycles. The molecular weight excluding hydrogens is 388 g/mol. The monoisotopic (exact) mass is 418 g/mol. The number of carbonyl (C=O) groups is 1. The van der Waals surface area contributed by atoms with Gasteiger partial charge in [-0.3, -0.25) is 9.69 Å². The molecule has 1 amide bonds. The molecule has 8 heteroatoms. The Labute approximate surface area is 176 Å². The minimum absolute atomic E-state index is 0.0871. The highest BCUT2D eigenvalue weighted by atomic mass is 32.1. The summed E-state index contributed by atoms with van der Waals surface area (Å²) in [5, 5.41) is 3.41. The number of hydrogen-bond acceptors (Lipinski definition) is 7. The second-order valence-electron chi connectivity index (χ2n) is 7.38. The van der Waals surface area contributed by atoms with E-state index < -0.39 is 0 Å². The van der Waals surface area contributed by atoms with Crippen LogP contribution in [0, 0.1) is 0 Å². The zero-order valence-electron chi connectivity index (χ0n) is 17.4. The molecule has 2 aromatic heterocycles. The standard InChI is InChI=1S/C21H30N4O3S/c1-4-28-21(9-8-17-6-5-7-19(24-17)27-3)10-12-25(13-11-21)15-18-14-22-20(29-18)23-16(2)26/h5-7,14H,4,8-13,15H2,1-3H3,(H,22,23,26). The van der Waals surface area contributed by atoms with Crippen LogP contribution in [0.3, 0.4) is 0 Å². The van der Waals surface area contributed by atoms with Crippen molar-refractivity contribution in [3.8, 4) is 5.88 Å². The lowest BCUT2D eigenvalue weighted by Gasteiger charge is -2.41. The lowest BCUT2D eigenvalue weighted by molar-refractivity contribution is -0.114. The van der Waals surface area contributed by atoms with Gasteiger partial charge >= 0.3 is 0 Å². The molecule has 0 unspecified atom stereocenters. The van der Waals surface area contributed by atoms with E-state index in [9.17, 15) is 4.79 Å². The van der Waals surface area contributed by atoms with Crippen molar-refractivity contribution in [2.45, 2.75) is 51.7 Å². The number of hydrogen-bond donors (Lipinski definition) is 1. The summed E-state index contributed by atoms with van der Waals surface area (Å²) in [6.45, 7) is 7.12. The van der Waals surface area contributed by atoms with Gasteiger partial charge in [-0.05, 0) is 38.7 Å². The van der Waals surface area contributed by atoms with Gasteiger partial charge in [-0.25, -0.2) is 9.97 Å². The van der Waals surface area contributed by atoms with Gasteiger partial charge in [0.25, 0.3) is 0 Å². The third-order valence-electron chi connectivity index (χ3n) is 5.26. The largest absolute Gasteiger partial charge is 0.481 e. The third kappa shape index (κ3) is 6.22. The van der Waals surface area contributed by atoms with Crippen LogP contribution in [-0.2, 0) is 22.5 Å². The summed E-state index contributed by atoms with van der Waals surface area (Å²) >= 11 is 1.54. The van der Waals surface area contributed by atoms with Gasteiger partial charge in [-0.2, -0.15) is 0 Å². The second-order valence-corrected chi connectivity index (χ2v) is 8.49. The topological polar surface area (TPSA) is 76.6 Å². The first-order valence-corrected chi connectivity index (χ1v) is 10.9. The molecule has 1 fully saturated rings. The molecule has 0 saturated carbocycles. The quantitative estimate of drug-likeness (QED) is 0.672. The Balaban J connectivity index is 1.54. The van der Waals surface area contributed by atoms with Gasteiger partial charge in [-0.1, -0.05) is 6.07 Å². The number of carbonyl (C=O) groups excluding carboxylic acids is 1. The van der Waals surface area contributed by atoms with Crippen LogP contribution in [0.25, 0.3) is 0 Å². The van der Waals surface area contributed by atoms with Gasteiger partial charge in [0.2, 0.25) is 11.8 Å². The fourth-order valence-electron chi connectivity index (χ4n) is 3.77. The predicted octanol–water partition coefficient (Wildman–Crippen LogP) is 3.51. The predicted molar refractivity (Wildman–Crippen MR) is 114 cm³/mol. The number of piperidine rings is 1. The number of nitrogens with one attached hydrogen (secondary N) is 1. The first kappa shape index (κ1) is 21.7. The van der Waals surface area contributed by atoms with Crippen molar-refractivity contribution in [1.29, 1.82) is 0 Å². The number of aryl methyl sites for hydroxylation is 1. The maximum absolute atomic E-state index is 11.2. The Morgan fingerprint density at radius 2 is 2.14 bits per heavy atom. The zero-order chi connectivity index (χ0) is 20.7. The van der Waals surface area contributed by atoms with Crippen molar-refractivity contribution >= 4 is 22.4 Å². The summed E-state index contributed by atoms with van der Waals surface area (Å²) in [5.74, 6) is 0.571. The van der Waals surface area contributed by atoms with Crippen LogP contribution in [0.2, 0.25) is 0 Å².